The molecule has 3 rings (SSSR count). The second kappa shape index (κ2) is 12.1. The van der Waals surface area contributed by atoms with E-state index in [0.29, 0.717) is 38.7 Å². The van der Waals surface area contributed by atoms with Gasteiger partial charge in [0.1, 0.15) is 4.32 Å². The van der Waals surface area contributed by atoms with Crippen molar-refractivity contribution < 1.29 is 19.1 Å². The molecule has 0 spiro atoms. The standard InChI is InChI=1S/C24H25ClN2O4S2/c1-30-19-12-7-16(14-20(19)31-2)15-21-23(29)27(24(32)33-21)13-5-3-4-6-22(28)26-18-10-8-17(25)9-11-18/h7-12,14-15H,3-6,13H2,1-2H3,(H,26,28)/b21-15-. The lowest BCUT2D eigenvalue weighted by molar-refractivity contribution is -0.122. The molecule has 0 bridgehead atoms. The van der Waals surface area contributed by atoms with Gasteiger partial charge in [0.2, 0.25) is 5.91 Å². The predicted octanol–water partition coefficient (Wildman–Crippen LogP) is 5.76. The van der Waals surface area contributed by atoms with Gasteiger partial charge in [-0.25, -0.2) is 0 Å². The molecule has 1 heterocycles. The average Bonchev–Trinajstić information content (AvgIpc) is 3.07. The van der Waals surface area contributed by atoms with E-state index in [9.17, 15) is 9.59 Å². The molecule has 0 atom stereocenters. The number of thioether (sulfide) groups is 1. The van der Waals surface area contributed by atoms with Gasteiger partial charge < -0.3 is 14.8 Å². The number of ether oxygens (including phenoxy) is 2. The second-order valence-corrected chi connectivity index (χ2v) is 9.43. The first-order chi connectivity index (χ1) is 15.9. The van der Waals surface area contributed by atoms with Crippen LogP contribution in [0.25, 0.3) is 6.08 Å². The SMILES string of the molecule is COc1ccc(/C=C2\SC(=S)N(CCCCCC(=O)Nc3ccc(Cl)cc3)C2=O)cc1OC. The molecule has 0 radical (unpaired) electrons. The lowest BCUT2D eigenvalue weighted by Crippen LogP contribution is -2.29. The summed E-state index contributed by atoms with van der Waals surface area (Å²) in [5.74, 6) is 1.09. The third kappa shape index (κ3) is 6.96. The van der Waals surface area contributed by atoms with Crippen molar-refractivity contribution in [2.24, 2.45) is 0 Å². The minimum Gasteiger partial charge on any atom is -0.493 e. The van der Waals surface area contributed by atoms with Gasteiger partial charge in [-0.3, -0.25) is 14.5 Å². The summed E-state index contributed by atoms with van der Waals surface area (Å²) < 4.78 is 11.1. The molecule has 1 aliphatic heterocycles. The van der Waals surface area contributed by atoms with Crippen molar-refractivity contribution in [1.82, 2.24) is 4.90 Å². The summed E-state index contributed by atoms with van der Waals surface area (Å²) >= 11 is 12.6. The van der Waals surface area contributed by atoms with E-state index < -0.39 is 0 Å². The van der Waals surface area contributed by atoms with Gasteiger partial charge in [0, 0.05) is 23.7 Å². The summed E-state index contributed by atoms with van der Waals surface area (Å²) in [6, 6.07) is 12.5. The van der Waals surface area contributed by atoms with Crippen molar-refractivity contribution in [2.45, 2.75) is 25.7 Å². The van der Waals surface area contributed by atoms with Crippen LogP contribution in [0.1, 0.15) is 31.2 Å². The summed E-state index contributed by atoms with van der Waals surface area (Å²) in [5.41, 5.74) is 1.56. The van der Waals surface area contributed by atoms with Crippen LogP contribution in [0.3, 0.4) is 0 Å². The number of carbonyl (C=O) groups excluding carboxylic acids is 2. The van der Waals surface area contributed by atoms with E-state index in [2.05, 4.69) is 5.32 Å². The fraction of sp³-hybridized carbons (Fsp3) is 0.292. The number of amides is 2. The van der Waals surface area contributed by atoms with E-state index in [1.54, 1.807) is 49.5 Å². The Morgan fingerprint density at radius 2 is 1.82 bits per heavy atom. The van der Waals surface area contributed by atoms with Gasteiger partial charge in [-0.1, -0.05) is 48.1 Å². The molecule has 0 unspecified atom stereocenters. The smallest absolute Gasteiger partial charge is 0.266 e. The zero-order valence-corrected chi connectivity index (χ0v) is 20.8. The number of benzene rings is 2. The molecule has 174 valence electrons. The minimum atomic E-state index is -0.0970. The molecule has 1 fully saturated rings. The van der Waals surface area contributed by atoms with Gasteiger partial charge in [-0.2, -0.15) is 0 Å². The molecule has 1 N–H and O–H groups in total. The molecule has 2 amide bonds. The van der Waals surface area contributed by atoms with Crippen LogP contribution in [-0.4, -0.2) is 41.8 Å². The lowest BCUT2D eigenvalue weighted by Gasteiger charge is -2.14. The van der Waals surface area contributed by atoms with Crippen molar-refractivity contribution in [3.05, 3.63) is 58.0 Å². The predicted molar refractivity (Wildman–Crippen MR) is 138 cm³/mol. The first-order valence-corrected chi connectivity index (χ1v) is 12.0. The number of unbranched alkanes of at least 4 members (excludes halogenated alkanes) is 2. The van der Waals surface area contributed by atoms with Crippen LogP contribution in [-0.2, 0) is 9.59 Å². The van der Waals surface area contributed by atoms with Gasteiger partial charge >= 0.3 is 0 Å². The number of thiocarbonyl (C=S) groups is 1. The monoisotopic (exact) mass is 504 g/mol. The number of carbonyl (C=O) groups is 2. The molecule has 0 aromatic heterocycles. The van der Waals surface area contributed by atoms with Crippen LogP contribution in [0, 0.1) is 0 Å². The highest BCUT2D eigenvalue weighted by atomic mass is 35.5. The number of halogens is 1. The molecule has 1 aliphatic rings. The number of hydrogen-bond acceptors (Lipinski definition) is 6. The van der Waals surface area contributed by atoms with Crippen LogP contribution in [0.15, 0.2) is 47.4 Å². The molecule has 0 aliphatic carbocycles. The Labute approximate surface area is 208 Å². The van der Waals surface area contributed by atoms with Crippen LogP contribution in [0.4, 0.5) is 5.69 Å². The fourth-order valence-electron chi connectivity index (χ4n) is 3.28. The summed E-state index contributed by atoms with van der Waals surface area (Å²) in [7, 11) is 3.15. The van der Waals surface area contributed by atoms with E-state index in [1.165, 1.54) is 11.8 Å². The average molecular weight is 505 g/mol. The molecule has 9 heteroatoms. The van der Waals surface area contributed by atoms with E-state index in [-0.39, 0.29) is 11.8 Å². The maximum atomic E-state index is 12.8. The van der Waals surface area contributed by atoms with E-state index in [4.69, 9.17) is 33.3 Å². The zero-order valence-electron chi connectivity index (χ0n) is 18.4. The topological polar surface area (TPSA) is 67.9 Å². The Bertz CT molecular complexity index is 1060. The highest BCUT2D eigenvalue weighted by Crippen LogP contribution is 2.34. The van der Waals surface area contributed by atoms with Crippen molar-refractivity contribution >= 4 is 63.5 Å². The minimum absolute atomic E-state index is 0.0409. The molecule has 33 heavy (non-hydrogen) atoms. The van der Waals surface area contributed by atoms with Crippen LogP contribution >= 0.6 is 35.6 Å². The van der Waals surface area contributed by atoms with Gasteiger partial charge in [-0.05, 0) is 60.9 Å². The number of hydrogen-bond donors (Lipinski definition) is 1. The normalized spacial score (nSPS) is 14.6. The number of nitrogens with one attached hydrogen (secondary N) is 1. The second-order valence-electron chi connectivity index (χ2n) is 7.31. The van der Waals surface area contributed by atoms with Crippen molar-refractivity contribution in [3.8, 4) is 11.5 Å². The third-order valence-electron chi connectivity index (χ3n) is 4.99. The molecule has 2 aromatic rings. The van der Waals surface area contributed by atoms with E-state index in [1.807, 2.05) is 18.2 Å². The summed E-state index contributed by atoms with van der Waals surface area (Å²) in [5, 5.41) is 3.48. The van der Waals surface area contributed by atoms with E-state index >= 15 is 0 Å². The lowest BCUT2D eigenvalue weighted by atomic mass is 10.1. The molecule has 1 saturated heterocycles. The third-order valence-corrected chi connectivity index (χ3v) is 6.62. The maximum absolute atomic E-state index is 12.8. The number of anilines is 1. The van der Waals surface area contributed by atoms with Crippen LogP contribution < -0.4 is 14.8 Å². The highest BCUT2D eigenvalue weighted by molar-refractivity contribution is 8.26. The van der Waals surface area contributed by atoms with Gasteiger partial charge in [-0.15, -0.1) is 0 Å². The highest BCUT2D eigenvalue weighted by Gasteiger charge is 2.31. The molecular weight excluding hydrogens is 480 g/mol. The van der Waals surface area contributed by atoms with Crippen molar-refractivity contribution in [2.75, 3.05) is 26.1 Å². The Morgan fingerprint density at radius 3 is 2.52 bits per heavy atom. The Hall–Kier alpha value is -2.55. The first-order valence-electron chi connectivity index (χ1n) is 10.4. The maximum Gasteiger partial charge on any atom is 0.266 e. The number of nitrogens with zero attached hydrogens (tertiary/aromatic N) is 1. The fourth-order valence-corrected chi connectivity index (χ4v) is 4.71. The molecule has 0 saturated carbocycles. The van der Waals surface area contributed by atoms with Crippen LogP contribution in [0.2, 0.25) is 5.02 Å². The van der Waals surface area contributed by atoms with Crippen molar-refractivity contribution in [3.63, 3.8) is 0 Å². The zero-order chi connectivity index (χ0) is 23.8. The Morgan fingerprint density at radius 1 is 1.09 bits per heavy atom. The molecule has 2 aromatic carbocycles. The Kier molecular flexibility index (Phi) is 9.17. The Balaban J connectivity index is 1.46. The van der Waals surface area contributed by atoms with Gasteiger partial charge in [0.05, 0.1) is 19.1 Å². The van der Waals surface area contributed by atoms with Gasteiger partial charge in [0.25, 0.3) is 5.91 Å². The number of methoxy groups -OCH3 is 2. The summed E-state index contributed by atoms with van der Waals surface area (Å²) in [6.07, 6.45) is 4.54. The quantitative estimate of drug-likeness (QED) is 0.252. The van der Waals surface area contributed by atoms with Gasteiger partial charge in [0.15, 0.2) is 11.5 Å². The summed E-state index contributed by atoms with van der Waals surface area (Å²) in [4.78, 5) is 27.1. The molecular formula is C24H25ClN2O4S2. The summed E-state index contributed by atoms with van der Waals surface area (Å²) in [6.45, 7) is 0.534. The van der Waals surface area contributed by atoms with Crippen LogP contribution in [0.5, 0.6) is 11.5 Å². The van der Waals surface area contributed by atoms with Crippen molar-refractivity contribution in [1.29, 1.82) is 0 Å². The largest absolute Gasteiger partial charge is 0.493 e. The first kappa shape index (κ1) is 25.1. The molecule has 6 nitrogen and oxygen atoms in total. The van der Waals surface area contributed by atoms with E-state index in [0.717, 1.165) is 30.5 Å². The number of rotatable bonds is 10.